The van der Waals surface area contributed by atoms with Crippen molar-refractivity contribution in [3.8, 4) is 5.75 Å². The van der Waals surface area contributed by atoms with Crippen molar-refractivity contribution < 1.29 is 14.3 Å². The van der Waals surface area contributed by atoms with Gasteiger partial charge in [0.1, 0.15) is 12.4 Å². The van der Waals surface area contributed by atoms with Gasteiger partial charge in [0, 0.05) is 4.90 Å². The van der Waals surface area contributed by atoms with Crippen LogP contribution in [0.3, 0.4) is 0 Å². The molecule has 0 N–H and O–H groups in total. The van der Waals surface area contributed by atoms with Crippen LogP contribution in [0.15, 0.2) is 87.1 Å². The first-order valence-electron chi connectivity index (χ1n) is 11.1. The van der Waals surface area contributed by atoms with E-state index in [1.807, 2.05) is 60.9 Å². The highest BCUT2D eigenvalue weighted by Crippen LogP contribution is 2.31. The van der Waals surface area contributed by atoms with E-state index in [-0.39, 0.29) is 12.2 Å². The molecule has 1 aliphatic heterocycles. The van der Waals surface area contributed by atoms with E-state index in [1.165, 1.54) is 11.3 Å². The van der Waals surface area contributed by atoms with Crippen LogP contribution in [0, 0.1) is 0 Å². The Morgan fingerprint density at radius 1 is 1.20 bits per heavy atom. The zero-order chi connectivity index (χ0) is 24.9. The Labute approximate surface area is 211 Å². The van der Waals surface area contributed by atoms with E-state index in [0.717, 1.165) is 21.8 Å². The molecule has 0 saturated carbocycles. The standard InChI is InChI=1S/C27H26N2O4S2/c1-5-15-33-20-11-7-18(8-12-20)16-22-25(30)29-24(19-9-13-21(34-4)14-10-19)23(26(31)32-6-2)17(3)28-27(29)35-22/h5,7-14,16,24H,1,6,15H2,2-4H3. The number of aromatic nitrogens is 1. The topological polar surface area (TPSA) is 69.9 Å². The Morgan fingerprint density at radius 2 is 1.91 bits per heavy atom. The fourth-order valence-electron chi connectivity index (χ4n) is 3.86. The van der Waals surface area contributed by atoms with Gasteiger partial charge >= 0.3 is 5.97 Å². The zero-order valence-corrected chi connectivity index (χ0v) is 21.4. The van der Waals surface area contributed by atoms with Gasteiger partial charge in [-0.05, 0) is 61.6 Å². The van der Waals surface area contributed by atoms with Crippen molar-refractivity contribution in [2.45, 2.75) is 24.8 Å². The Morgan fingerprint density at radius 3 is 2.54 bits per heavy atom. The normalized spacial score (nSPS) is 15.4. The van der Waals surface area contributed by atoms with Crippen LogP contribution < -0.4 is 19.6 Å². The number of thiazole rings is 1. The van der Waals surface area contributed by atoms with Crippen molar-refractivity contribution in [3.63, 3.8) is 0 Å². The maximum absolute atomic E-state index is 13.6. The fourth-order valence-corrected chi connectivity index (χ4v) is 5.31. The highest BCUT2D eigenvalue weighted by molar-refractivity contribution is 7.98. The number of carbonyl (C=O) groups excluding carboxylic acids is 1. The van der Waals surface area contributed by atoms with Crippen molar-refractivity contribution in [1.82, 2.24) is 4.57 Å². The number of carbonyl (C=O) groups is 1. The summed E-state index contributed by atoms with van der Waals surface area (Å²) in [5, 5.41) is 0. The summed E-state index contributed by atoms with van der Waals surface area (Å²) in [5.74, 6) is 0.268. The van der Waals surface area contributed by atoms with Gasteiger partial charge in [0.2, 0.25) is 0 Å². The SMILES string of the molecule is C=CCOc1ccc(C=c2sc3n(c2=O)C(c2ccc(SC)cc2)C(C(=O)OCC)=C(C)N=3)cc1. The molecule has 1 atom stereocenters. The Hall–Kier alpha value is -3.36. The fraction of sp³-hybridized carbons (Fsp3) is 0.222. The van der Waals surface area contributed by atoms with Gasteiger partial charge in [0.15, 0.2) is 4.80 Å². The van der Waals surface area contributed by atoms with E-state index in [2.05, 4.69) is 11.6 Å². The molecule has 1 aromatic heterocycles. The quantitative estimate of drug-likeness (QED) is 0.262. The van der Waals surface area contributed by atoms with Crippen LogP contribution in [0.2, 0.25) is 0 Å². The van der Waals surface area contributed by atoms with E-state index in [9.17, 15) is 9.59 Å². The predicted molar refractivity (Wildman–Crippen MR) is 141 cm³/mol. The minimum absolute atomic E-state index is 0.200. The Bertz CT molecular complexity index is 1450. The summed E-state index contributed by atoms with van der Waals surface area (Å²) in [5.41, 5.74) is 2.43. The van der Waals surface area contributed by atoms with Gasteiger partial charge in [-0.2, -0.15) is 0 Å². The molecule has 0 fully saturated rings. The van der Waals surface area contributed by atoms with Crippen molar-refractivity contribution in [1.29, 1.82) is 0 Å². The van der Waals surface area contributed by atoms with Crippen LogP contribution >= 0.6 is 23.1 Å². The Balaban J connectivity index is 1.84. The highest BCUT2D eigenvalue weighted by Gasteiger charge is 2.33. The Kier molecular flexibility index (Phi) is 7.73. The number of benzene rings is 2. The summed E-state index contributed by atoms with van der Waals surface area (Å²) >= 11 is 2.94. The highest BCUT2D eigenvalue weighted by atomic mass is 32.2. The summed E-state index contributed by atoms with van der Waals surface area (Å²) in [6.45, 7) is 7.87. The first-order chi connectivity index (χ1) is 17.0. The molecule has 2 heterocycles. The largest absolute Gasteiger partial charge is 0.490 e. The second-order valence-corrected chi connectivity index (χ2v) is 9.63. The van der Waals surface area contributed by atoms with Gasteiger partial charge in [-0.3, -0.25) is 9.36 Å². The van der Waals surface area contributed by atoms with E-state index in [0.29, 0.717) is 27.2 Å². The smallest absolute Gasteiger partial charge is 0.338 e. The van der Waals surface area contributed by atoms with Crippen molar-refractivity contribution >= 4 is 35.1 Å². The minimum Gasteiger partial charge on any atom is -0.490 e. The number of rotatable bonds is 8. The zero-order valence-electron chi connectivity index (χ0n) is 19.8. The van der Waals surface area contributed by atoms with Crippen LogP contribution in [0.4, 0.5) is 0 Å². The number of fused-ring (bicyclic) bond motifs is 1. The molecule has 0 amide bonds. The molecular formula is C27H26N2O4S2. The summed E-state index contributed by atoms with van der Waals surface area (Å²) in [6.07, 6.45) is 5.52. The first-order valence-corrected chi connectivity index (χ1v) is 13.2. The average Bonchev–Trinajstić information content (AvgIpc) is 3.17. The maximum atomic E-state index is 13.6. The molecule has 1 aliphatic rings. The lowest BCUT2D eigenvalue weighted by Crippen LogP contribution is -2.39. The molecule has 0 bridgehead atoms. The van der Waals surface area contributed by atoms with Crippen molar-refractivity contribution in [3.05, 3.63) is 103 Å². The lowest BCUT2D eigenvalue weighted by Gasteiger charge is -2.24. The van der Waals surface area contributed by atoms with E-state index in [4.69, 9.17) is 9.47 Å². The van der Waals surface area contributed by atoms with Crippen LogP contribution in [0.1, 0.15) is 31.0 Å². The van der Waals surface area contributed by atoms with Crippen LogP contribution in [0.25, 0.3) is 6.08 Å². The molecule has 3 aromatic rings. The average molecular weight is 507 g/mol. The van der Waals surface area contributed by atoms with Crippen molar-refractivity contribution in [2.24, 2.45) is 4.99 Å². The molecule has 0 spiro atoms. The molecule has 0 aliphatic carbocycles. The maximum Gasteiger partial charge on any atom is 0.338 e. The second kappa shape index (κ2) is 10.9. The van der Waals surface area contributed by atoms with Gasteiger partial charge < -0.3 is 9.47 Å². The third-order valence-corrected chi connectivity index (χ3v) is 7.22. The molecule has 0 radical (unpaired) electrons. The van der Waals surface area contributed by atoms with Crippen LogP contribution in [-0.2, 0) is 9.53 Å². The minimum atomic E-state index is -0.613. The molecule has 8 heteroatoms. The number of hydrogen-bond acceptors (Lipinski definition) is 7. The first kappa shape index (κ1) is 24.8. The summed E-state index contributed by atoms with van der Waals surface area (Å²) < 4.78 is 13.0. The van der Waals surface area contributed by atoms with Gasteiger partial charge in [-0.15, -0.1) is 11.8 Å². The number of nitrogens with zero attached hydrogens (tertiary/aromatic N) is 2. The number of ether oxygens (including phenoxy) is 2. The van der Waals surface area contributed by atoms with Gasteiger partial charge in [0.25, 0.3) is 5.56 Å². The number of hydrogen-bond donors (Lipinski definition) is 0. The van der Waals surface area contributed by atoms with E-state index in [1.54, 1.807) is 36.3 Å². The van der Waals surface area contributed by atoms with Crippen LogP contribution in [0.5, 0.6) is 5.75 Å². The van der Waals surface area contributed by atoms with Gasteiger partial charge in [0.05, 0.1) is 28.5 Å². The molecule has 4 rings (SSSR count). The van der Waals surface area contributed by atoms with E-state index >= 15 is 0 Å². The molecule has 35 heavy (non-hydrogen) atoms. The van der Waals surface area contributed by atoms with Crippen molar-refractivity contribution in [2.75, 3.05) is 19.5 Å². The van der Waals surface area contributed by atoms with Crippen LogP contribution in [-0.4, -0.2) is 30.0 Å². The van der Waals surface area contributed by atoms with Gasteiger partial charge in [-0.1, -0.05) is 48.3 Å². The molecule has 6 nitrogen and oxygen atoms in total. The number of allylic oxidation sites excluding steroid dienone is 1. The number of thioether (sulfide) groups is 1. The number of esters is 1. The molecule has 180 valence electrons. The second-order valence-electron chi connectivity index (χ2n) is 7.74. The molecule has 2 aromatic carbocycles. The summed E-state index contributed by atoms with van der Waals surface area (Å²) in [6, 6.07) is 14.8. The monoisotopic (exact) mass is 506 g/mol. The third kappa shape index (κ3) is 5.18. The van der Waals surface area contributed by atoms with E-state index < -0.39 is 12.0 Å². The predicted octanol–water partition coefficient (Wildman–Crippen LogP) is 4.09. The summed E-state index contributed by atoms with van der Waals surface area (Å²) in [4.78, 5) is 32.9. The third-order valence-electron chi connectivity index (χ3n) is 5.49. The summed E-state index contributed by atoms with van der Waals surface area (Å²) in [7, 11) is 0. The van der Waals surface area contributed by atoms with Gasteiger partial charge in [-0.25, -0.2) is 9.79 Å². The lowest BCUT2D eigenvalue weighted by molar-refractivity contribution is -0.139. The lowest BCUT2D eigenvalue weighted by atomic mass is 9.96. The molecule has 1 unspecified atom stereocenters. The molecule has 0 saturated heterocycles. The molecular weight excluding hydrogens is 480 g/mol.